The van der Waals surface area contributed by atoms with Crippen LogP contribution in [0.4, 0.5) is 0 Å². The second kappa shape index (κ2) is 4.45. The molecule has 3 unspecified atom stereocenters. The van der Waals surface area contributed by atoms with E-state index in [1.807, 2.05) is 0 Å². The van der Waals surface area contributed by atoms with Crippen LogP contribution in [-0.2, 0) is 0 Å². The van der Waals surface area contributed by atoms with Gasteiger partial charge in [-0.2, -0.15) is 0 Å². The zero-order chi connectivity index (χ0) is 10.9. The van der Waals surface area contributed by atoms with E-state index in [0.717, 1.165) is 17.8 Å². The first-order valence-corrected chi connectivity index (χ1v) is 6.91. The first-order valence-electron chi connectivity index (χ1n) is 6.91. The van der Waals surface area contributed by atoms with E-state index >= 15 is 0 Å². The Balaban J connectivity index is 1.97. The van der Waals surface area contributed by atoms with Crippen molar-refractivity contribution < 1.29 is 0 Å². The molecule has 0 amide bonds. The van der Waals surface area contributed by atoms with Crippen LogP contribution in [0.3, 0.4) is 0 Å². The highest BCUT2D eigenvalue weighted by Gasteiger charge is 2.39. The molecule has 2 saturated carbocycles. The molecule has 1 nitrogen and oxygen atoms in total. The van der Waals surface area contributed by atoms with Crippen LogP contribution in [0.15, 0.2) is 0 Å². The summed E-state index contributed by atoms with van der Waals surface area (Å²) in [5, 5.41) is 0. The third-order valence-electron chi connectivity index (χ3n) is 5.20. The van der Waals surface area contributed by atoms with Crippen LogP contribution in [0.25, 0.3) is 0 Å². The van der Waals surface area contributed by atoms with Crippen LogP contribution >= 0.6 is 0 Å². The van der Waals surface area contributed by atoms with Gasteiger partial charge < -0.3 is 5.73 Å². The number of nitrogens with two attached hydrogens (primary N) is 1. The van der Waals surface area contributed by atoms with E-state index in [-0.39, 0.29) is 5.54 Å². The molecule has 0 aliphatic heterocycles. The van der Waals surface area contributed by atoms with Gasteiger partial charge in [0.15, 0.2) is 0 Å². The van der Waals surface area contributed by atoms with Crippen molar-refractivity contribution in [1.82, 2.24) is 0 Å². The fourth-order valence-electron chi connectivity index (χ4n) is 3.69. The molecule has 0 heterocycles. The SMILES string of the molecule is CC1CCC(C2(N)CCCCC2)CC1C. The topological polar surface area (TPSA) is 26.0 Å². The molecule has 1 heteroatoms. The fourth-order valence-corrected chi connectivity index (χ4v) is 3.69. The van der Waals surface area contributed by atoms with E-state index in [9.17, 15) is 0 Å². The van der Waals surface area contributed by atoms with Gasteiger partial charge in [0.1, 0.15) is 0 Å². The predicted molar refractivity (Wildman–Crippen MR) is 65.7 cm³/mol. The van der Waals surface area contributed by atoms with Crippen molar-refractivity contribution in [3.05, 3.63) is 0 Å². The van der Waals surface area contributed by atoms with E-state index in [1.54, 1.807) is 0 Å². The minimum Gasteiger partial charge on any atom is -0.325 e. The average Bonchev–Trinajstić information content (AvgIpc) is 2.23. The molecular formula is C14H27N. The van der Waals surface area contributed by atoms with Crippen LogP contribution in [0.5, 0.6) is 0 Å². The molecular weight excluding hydrogens is 182 g/mol. The molecule has 0 aromatic heterocycles. The first-order chi connectivity index (χ1) is 7.12. The Hall–Kier alpha value is -0.0400. The Bertz CT molecular complexity index is 205. The van der Waals surface area contributed by atoms with E-state index < -0.39 is 0 Å². The van der Waals surface area contributed by atoms with Gasteiger partial charge in [-0.3, -0.25) is 0 Å². The fraction of sp³-hybridized carbons (Fsp3) is 1.00. The van der Waals surface area contributed by atoms with Gasteiger partial charge in [0.05, 0.1) is 0 Å². The van der Waals surface area contributed by atoms with Gasteiger partial charge >= 0.3 is 0 Å². The highest BCUT2D eigenvalue weighted by atomic mass is 14.8. The molecule has 0 radical (unpaired) electrons. The number of hydrogen-bond acceptors (Lipinski definition) is 1. The summed E-state index contributed by atoms with van der Waals surface area (Å²) in [4.78, 5) is 0. The summed E-state index contributed by atoms with van der Waals surface area (Å²) in [7, 11) is 0. The smallest absolute Gasteiger partial charge is 0.0182 e. The minimum absolute atomic E-state index is 0.215. The maximum Gasteiger partial charge on any atom is 0.0182 e. The summed E-state index contributed by atoms with van der Waals surface area (Å²) in [5.74, 6) is 2.64. The quantitative estimate of drug-likeness (QED) is 0.700. The lowest BCUT2D eigenvalue weighted by molar-refractivity contribution is 0.104. The predicted octanol–water partition coefficient (Wildman–Crippen LogP) is 3.72. The number of rotatable bonds is 1. The zero-order valence-corrected chi connectivity index (χ0v) is 10.5. The Labute approximate surface area is 94.8 Å². The third-order valence-corrected chi connectivity index (χ3v) is 5.20. The third kappa shape index (κ3) is 2.38. The van der Waals surface area contributed by atoms with E-state index in [1.165, 1.54) is 51.4 Å². The molecule has 2 aliphatic rings. The molecule has 0 spiro atoms. The highest BCUT2D eigenvalue weighted by Crippen LogP contribution is 2.43. The first kappa shape index (κ1) is 11.4. The van der Waals surface area contributed by atoms with Gasteiger partial charge in [0.25, 0.3) is 0 Å². The molecule has 0 saturated heterocycles. The van der Waals surface area contributed by atoms with E-state index in [0.29, 0.717) is 0 Å². The second-order valence-corrected chi connectivity index (χ2v) is 6.26. The monoisotopic (exact) mass is 209 g/mol. The van der Waals surface area contributed by atoms with Crippen molar-refractivity contribution in [2.75, 3.05) is 0 Å². The molecule has 2 rings (SSSR count). The van der Waals surface area contributed by atoms with Crippen molar-refractivity contribution >= 4 is 0 Å². The Morgan fingerprint density at radius 1 is 0.933 bits per heavy atom. The Morgan fingerprint density at radius 3 is 2.20 bits per heavy atom. The van der Waals surface area contributed by atoms with Gasteiger partial charge in [0, 0.05) is 5.54 Å². The van der Waals surface area contributed by atoms with Crippen LogP contribution in [-0.4, -0.2) is 5.54 Å². The summed E-state index contributed by atoms with van der Waals surface area (Å²) in [6.07, 6.45) is 10.9. The van der Waals surface area contributed by atoms with Crippen LogP contribution < -0.4 is 5.73 Å². The summed E-state index contributed by atoms with van der Waals surface area (Å²) in [5.41, 5.74) is 6.86. The van der Waals surface area contributed by atoms with E-state index in [4.69, 9.17) is 5.73 Å². The molecule has 0 aromatic rings. The lowest BCUT2D eigenvalue weighted by Crippen LogP contribution is -2.50. The van der Waals surface area contributed by atoms with Crippen molar-refractivity contribution in [2.45, 2.75) is 70.8 Å². The lowest BCUT2D eigenvalue weighted by Gasteiger charge is -2.45. The van der Waals surface area contributed by atoms with Crippen LogP contribution in [0.1, 0.15) is 65.2 Å². The van der Waals surface area contributed by atoms with Crippen LogP contribution in [0, 0.1) is 17.8 Å². The van der Waals surface area contributed by atoms with Gasteiger partial charge in [-0.15, -0.1) is 0 Å². The van der Waals surface area contributed by atoms with Gasteiger partial charge in [-0.05, 0) is 43.4 Å². The average molecular weight is 209 g/mol. The molecule has 88 valence electrons. The summed E-state index contributed by atoms with van der Waals surface area (Å²) >= 11 is 0. The number of hydrogen-bond donors (Lipinski definition) is 1. The summed E-state index contributed by atoms with van der Waals surface area (Å²) in [6, 6.07) is 0. The zero-order valence-electron chi connectivity index (χ0n) is 10.5. The minimum atomic E-state index is 0.215. The molecule has 2 aliphatic carbocycles. The maximum absolute atomic E-state index is 6.64. The molecule has 3 atom stereocenters. The van der Waals surface area contributed by atoms with Crippen molar-refractivity contribution in [2.24, 2.45) is 23.5 Å². The summed E-state index contributed by atoms with van der Waals surface area (Å²) in [6.45, 7) is 4.83. The second-order valence-electron chi connectivity index (χ2n) is 6.26. The molecule has 2 fully saturated rings. The molecule has 2 N–H and O–H groups in total. The molecule has 0 bridgehead atoms. The van der Waals surface area contributed by atoms with Gasteiger partial charge in [-0.1, -0.05) is 39.5 Å². The summed E-state index contributed by atoms with van der Waals surface area (Å²) < 4.78 is 0. The lowest BCUT2D eigenvalue weighted by atomic mass is 9.64. The van der Waals surface area contributed by atoms with Crippen molar-refractivity contribution in [3.8, 4) is 0 Å². The Morgan fingerprint density at radius 2 is 1.60 bits per heavy atom. The normalized spacial score (nSPS) is 41.4. The van der Waals surface area contributed by atoms with Crippen molar-refractivity contribution in [3.63, 3.8) is 0 Å². The highest BCUT2D eigenvalue weighted by molar-refractivity contribution is 4.96. The largest absolute Gasteiger partial charge is 0.325 e. The van der Waals surface area contributed by atoms with Crippen LogP contribution in [0.2, 0.25) is 0 Å². The molecule has 0 aromatic carbocycles. The Kier molecular flexibility index (Phi) is 3.39. The van der Waals surface area contributed by atoms with Crippen molar-refractivity contribution in [1.29, 1.82) is 0 Å². The molecule has 15 heavy (non-hydrogen) atoms. The van der Waals surface area contributed by atoms with Gasteiger partial charge in [0.2, 0.25) is 0 Å². The van der Waals surface area contributed by atoms with Gasteiger partial charge in [-0.25, -0.2) is 0 Å². The standard InChI is InChI=1S/C14H27N/c1-11-6-7-13(10-12(11)2)14(15)8-4-3-5-9-14/h11-13H,3-10,15H2,1-2H3. The maximum atomic E-state index is 6.64. The van der Waals surface area contributed by atoms with E-state index in [2.05, 4.69) is 13.8 Å².